The Labute approximate surface area is 175 Å². The highest BCUT2D eigenvalue weighted by molar-refractivity contribution is 6.34. The molecule has 1 N–H and O–H groups in total. The van der Waals surface area contributed by atoms with Gasteiger partial charge < -0.3 is 5.32 Å². The Bertz CT molecular complexity index is 1050. The van der Waals surface area contributed by atoms with Gasteiger partial charge in [0.25, 0.3) is 5.91 Å². The lowest BCUT2D eigenvalue weighted by Crippen LogP contribution is -2.15. The summed E-state index contributed by atoms with van der Waals surface area (Å²) in [6.45, 7) is 10.2. The molecule has 0 saturated heterocycles. The van der Waals surface area contributed by atoms with Gasteiger partial charge >= 0.3 is 0 Å². The van der Waals surface area contributed by atoms with Gasteiger partial charge in [0, 0.05) is 22.1 Å². The van der Waals surface area contributed by atoms with Crippen LogP contribution in [0.5, 0.6) is 0 Å². The number of hydrogen-bond donors (Lipinski definition) is 1. The zero-order chi connectivity index (χ0) is 20.6. The number of nitrogens with zero attached hydrogens (tertiary/aromatic N) is 2. The molecule has 1 amide bonds. The smallest absolute Gasteiger partial charge is 0.256 e. The number of rotatable bonds is 3. The van der Waals surface area contributed by atoms with Crippen LogP contribution < -0.4 is 5.32 Å². The van der Waals surface area contributed by atoms with Crippen LogP contribution in [0.1, 0.15) is 48.0 Å². The van der Waals surface area contributed by atoms with Crippen molar-refractivity contribution in [2.75, 3.05) is 5.32 Å². The lowest BCUT2D eigenvalue weighted by Gasteiger charge is -2.14. The first-order chi connectivity index (χ1) is 13.1. The molecule has 6 heteroatoms. The molecule has 2 aromatic carbocycles. The minimum Gasteiger partial charge on any atom is -0.306 e. The van der Waals surface area contributed by atoms with Crippen LogP contribution >= 0.6 is 23.2 Å². The summed E-state index contributed by atoms with van der Waals surface area (Å²) in [6, 6.07) is 12.7. The van der Waals surface area contributed by atoms with Crippen LogP contribution in [0.2, 0.25) is 10.0 Å². The zero-order valence-electron chi connectivity index (χ0n) is 16.6. The Hall–Kier alpha value is -2.30. The number of aryl methyl sites for hydroxylation is 2. The Balaban J connectivity index is 2.06. The molecular weight excluding hydrogens is 393 g/mol. The van der Waals surface area contributed by atoms with Crippen molar-refractivity contribution in [1.82, 2.24) is 9.78 Å². The quantitative estimate of drug-likeness (QED) is 0.541. The summed E-state index contributed by atoms with van der Waals surface area (Å²) in [6.07, 6.45) is 0. The third-order valence-electron chi connectivity index (χ3n) is 4.62. The van der Waals surface area contributed by atoms with Crippen LogP contribution in [0, 0.1) is 13.8 Å². The van der Waals surface area contributed by atoms with Crippen LogP contribution in [0.3, 0.4) is 0 Å². The Morgan fingerprint density at radius 2 is 1.71 bits per heavy atom. The van der Waals surface area contributed by atoms with Gasteiger partial charge in [0.15, 0.2) is 0 Å². The van der Waals surface area contributed by atoms with E-state index in [2.05, 4.69) is 26.1 Å². The van der Waals surface area contributed by atoms with E-state index in [1.807, 2.05) is 38.1 Å². The number of carbonyl (C=O) groups is 1. The summed E-state index contributed by atoms with van der Waals surface area (Å²) in [4.78, 5) is 12.9. The average molecular weight is 416 g/mol. The van der Waals surface area contributed by atoms with Gasteiger partial charge in [-0.2, -0.15) is 5.10 Å². The SMILES string of the molecule is Cc1ccc(C(=O)Nc2cc(C(C)(C)C)nn2-c2cc(Cl)ccc2Cl)cc1C. The molecule has 0 saturated carbocycles. The van der Waals surface area contributed by atoms with Gasteiger partial charge in [0.05, 0.1) is 16.4 Å². The summed E-state index contributed by atoms with van der Waals surface area (Å²) in [5.74, 6) is 0.333. The topological polar surface area (TPSA) is 46.9 Å². The molecule has 3 rings (SSSR count). The minimum atomic E-state index is -0.206. The number of anilines is 1. The molecule has 146 valence electrons. The van der Waals surface area contributed by atoms with Crippen LogP contribution in [0.15, 0.2) is 42.5 Å². The van der Waals surface area contributed by atoms with Crippen LogP contribution in [-0.2, 0) is 5.41 Å². The van der Waals surface area contributed by atoms with Gasteiger partial charge in [-0.05, 0) is 55.3 Å². The first kappa shape index (κ1) is 20.4. The van der Waals surface area contributed by atoms with Crippen LogP contribution in [0.4, 0.5) is 5.82 Å². The molecule has 0 fully saturated rings. The molecule has 0 radical (unpaired) electrons. The summed E-state index contributed by atoms with van der Waals surface area (Å²) in [7, 11) is 0. The number of halogens is 2. The summed E-state index contributed by atoms with van der Waals surface area (Å²) >= 11 is 12.5. The van der Waals surface area contributed by atoms with Crippen molar-refractivity contribution in [1.29, 1.82) is 0 Å². The van der Waals surface area contributed by atoms with E-state index in [4.69, 9.17) is 28.3 Å². The predicted molar refractivity (Wildman–Crippen MR) is 116 cm³/mol. The second-order valence-corrected chi connectivity index (χ2v) is 8.77. The van der Waals surface area contributed by atoms with Crippen LogP contribution in [-0.4, -0.2) is 15.7 Å². The van der Waals surface area contributed by atoms with E-state index in [0.717, 1.165) is 16.8 Å². The minimum absolute atomic E-state index is 0.198. The van der Waals surface area contributed by atoms with Crippen molar-refractivity contribution in [2.24, 2.45) is 0 Å². The molecule has 0 atom stereocenters. The fourth-order valence-corrected chi connectivity index (χ4v) is 3.10. The van der Waals surface area contributed by atoms with E-state index in [0.29, 0.717) is 27.1 Å². The zero-order valence-corrected chi connectivity index (χ0v) is 18.1. The van der Waals surface area contributed by atoms with Gasteiger partial charge in [0.2, 0.25) is 0 Å². The second-order valence-electron chi connectivity index (χ2n) is 7.93. The van der Waals surface area contributed by atoms with Crippen molar-refractivity contribution < 1.29 is 4.79 Å². The second kappa shape index (κ2) is 7.61. The largest absolute Gasteiger partial charge is 0.306 e. The fourth-order valence-electron chi connectivity index (χ4n) is 2.74. The highest BCUT2D eigenvalue weighted by Crippen LogP contribution is 2.31. The van der Waals surface area contributed by atoms with Crippen molar-refractivity contribution in [3.8, 4) is 5.69 Å². The molecule has 1 aromatic heterocycles. The Morgan fingerprint density at radius 3 is 2.36 bits per heavy atom. The first-order valence-corrected chi connectivity index (χ1v) is 9.76. The third kappa shape index (κ3) is 4.23. The first-order valence-electron chi connectivity index (χ1n) is 9.01. The number of aromatic nitrogens is 2. The van der Waals surface area contributed by atoms with E-state index in [9.17, 15) is 4.79 Å². The van der Waals surface area contributed by atoms with Crippen LogP contribution in [0.25, 0.3) is 5.69 Å². The van der Waals surface area contributed by atoms with E-state index < -0.39 is 0 Å². The maximum atomic E-state index is 12.9. The monoisotopic (exact) mass is 415 g/mol. The predicted octanol–water partition coefficient (Wildman–Crippen LogP) is 6.35. The van der Waals surface area contributed by atoms with Crippen molar-refractivity contribution >= 4 is 34.9 Å². The van der Waals surface area contributed by atoms with E-state index in [-0.39, 0.29) is 11.3 Å². The van der Waals surface area contributed by atoms with E-state index >= 15 is 0 Å². The van der Waals surface area contributed by atoms with Gasteiger partial charge in [-0.15, -0.1) is 0 Å². The highest BCUT2D eigenvalue weighted by atomic mass is 35.5. The summed E-state index contributed by atoms with van der Waals surface area (Å²) in [5, 5.41) is 8.70. The average Bonchev–Trinajstić information content (AvgIpc) is 3.03. The van der Waals surface area contributed by atoms with Gasteiger partial charge in [-0.25, -0.2) is 4.68 Å². The standard InChI is InChI=1S/C22H23Cl2N3O/c1-13-6-7-15(10-14(13)2)21(28)25-20-12-19(22(3,4)5)26-27(20)18-11-16(23)8-9-17(18)24/h6-12H,1-5H3,(H,25,28). The maximum Gasteiger partial charge on any atom is 0.256 e. The third-order valence-corrected chi connectivity index (χ3v) is 5.18. The molecule has 0 aliphatic heterocycles. The number of benzene rings is 2. The molecule has 0 spiro atoms. The molecule has 28 heavy (non-hydrogen) atoms. The van der Waals surface area contributed by atoms with E-state index in [1.165, 1.54) is 0 Å². The maximum absolute atomic E-state index is 12.9. The van der Waals surface area contributed by atoms with Gasteiger partial charge in [0.1, 0.15) is 5.82 Å². The number of carbonyl (C=O) groups excluding carboxylic acids is 1. The molecule has 0 aliphatic carbocycles. The van der Waals surface area contributed by atoms with E-state index in [1.54, 1.807) is 22.9 Å². The lowest BCUT2D eigenvalue weighted by atomic mass is 9.92. The van der Waals surface area contributed by atoms with Gasteiger partial charge in [-0.3, -0.25) is 4.79 Å². The molecule has 0 bridgehead atoms. The Kier molecular flexibility index (Phi) is 5.55. The van der Waals surface area contributed by atoms with Crippen molar-refractivity contribution in [3.05, 3.63) is 74.9 Å². The molecule has 3 aromatic rings. The molecule has 0 unspecified atom stereocenters. The Morgan fingerprint density at radius 1 is 1.00 bits per heavy atom. The van der Waals surface area contributed by atoms with Gasteiger partial charge in [-0.1, -0.05) is 50.0 Å². The fraction of sp³-hybridized carbons (Fsp3) is 0.273. The van der Waals surface area contributed by atoms with Crippen molar-refractivity contribution in [3.63, 3.8) is 0 Å². The number of hydrogen-bond acceptors (Lipinski definition) is 2. The summed E-state index contributed by atoms with van der Waals surface area (Å²) in [5.41, 5.74) is 4.04. The number of nitrogens with one attached hydrogen (secondary N) is 1. The molecule has 4 nitrogen and oxygen atoms in total. The highest BCUT2D eigenvalue weighted by Gasteiger charge is 2.23. The molecule has 0 aliphatic rings. The lowest BCUT2D eigenvalue weighted by molar-refractivity contribution is 0.102. The molecule has 1 heterocycles. The van der Waals surface area contributed by atoms with Crippen molar-refractivity contribution in [2.45, 2.75) is 40.0 Å². The number of amides is 1. The normalized spacial score (nSPS) is 11.5. The summed E-state index contributed by atoms with van der Waals surface area (Å²) < 4.78 is 1.63. The molecular formula is C22H23Cl2N3O.